The van der Waals surface area contributed by atoms with E-state index in [1.807, 2.05) is 30.5 Å². The van der Waals surface area contributed by atoms with E-state index >= 15 is 0 Å². The van der Waals surface area contributed by atoms with Gasteiger partial charge in [0.2, 0.25) is 0 Å². The summed E-state index contributed by atoms with van der Waals surface area (Å²) in [6.45, 7) is 0. The maximum absolute atomic E-state index is 11.0. The molecule has 0 atom stereocenters. The van der Waals surface area contributed by atoms with Gasteiger partial charge in [-0.25, -0.2) is 4.79 Å². The Morgan fingerprint density at radius 1 is 1.12 bits per heavy atom. The van der Waals surface area contributed by atoms with Gasteiger partial charge in [-0.05, 0) is 29.8 Å². The first-order chi connectivity index (χ1) is 11.5. The number of methoxy groups -OCH3 is 1. The number of benzene rings is 2. The molecule has 24 heavy (non-hydrogen) atoms. The molecule has 0 aliphatic carbocycles. The van der Waals surface area contributed by atoms with Crippen LogP contribution in [0.15, 0.2) is 54.9 Å². The molecule has 0 radical (unpaired) electrons. The molecule has 3 rings (SSSR count). The quantitative estimate of drug-likeness (QED) is 0.685. The molecular formula is C18H16N2O4. The second-order valence-electron chi connectivity index (χ2n) is 5.27. The number of rotatable bonds is 4. The lowest BCUT2D eigenvalue weighted by molar-refractivity contribution is 0.0694. The number of carboxylic acid groups (broad SMARTS) is 1. The molecule has 0 bridgehead atoms. The third-order valence-corrected chi connectivity index (χ3v) is 3.77. The van der Waals surface area contributed by atoms with Crippen molar-refractivity contribution in [1.29, 1.82) is 0 Å². The van der Waals surface area contributed by atoms with E-state index in [0.717, 1.165) is 16.9 Å². The number of carbonyl (C=O) groups is 1. The molecule has 2 aromatic carbocycles. The predicted molar refractivity (Wildman–Crippen MR) is 90.8 cm³/mol. The molecule has 122 valence electrons. The van der Waals surface area contributed by atoms with Crippen LogP contribution in [0.25, 0.3) is 16.8 Å². The van der Waals surface area contributed by atoms with Crippen LogP contribution in [0, 0.1) is 0 Å². The average Bonchev–Trinajstić information content (AvgIpc) is 2.96. The standard InChI is InChI=1S/C18H16N2O4/c1-24-13-5-2-11(3-6-13)15-9-20(10-16(15)19)12-4-7-14(18(22)23)17(21)8-12/h2-10,21H,19H2,1H3,(H,22,23). The van der Waals surface area contributed by atoms with Gasteiger partial charge in [0.15, 0.2) is 0 Å². The Morgan fingerprint density at radius 3 is 2.42 bits per heavy atom. The minimum absolute atomic E-state index is 0.144. The SMILES string of the molecule is COc1ccc(-c2cn(-c3ccc(C(=O)O)c(O)c3)cc2N)cc1. The molecule has 0 unspecified atom stereocenters. The summed E-state index contributed by atoms with van der Waals surface area (Å²) in [5, 5.41) is 18.8. The van der Waals surface area contributed by atoms with Crippen molar-refractivity contribution >= 4 is 11.7 Å². The summed E-state index contributed by atoms with van der Waals surface area (Å²) in [6.07, 6.45) is 3.54. The Morgan fingerprint density at radius 2 is 1.83 bits per heavy atom. The monoisotopic (exact) mass is 324 g/mol. The Hall–Kier alpha value is -3.41. The van der Waals surface area contributed by atoms with Crippen LogP contribution in [0.2, 0.25) is 0 Å². The van der Waals surface area contributed by atoms with E-state index in [0.29, 0.717) is 11.4 Å². The van der Waals surface area contributed by atoms with E-state index in [1.165, 1.54) is 12.1 Å². The van der Waals surface area contributed by atoms with Crippen LogP contribution >= 0.6 is 0 Å². The first-order valence-electron chi connectivity index (χ1n) is 7.18. The molecule has 6 heteroatoms. The van der Waals surface area contributed by atoms with Crippen LogP contribution in [0.5, 0.6) is 11.5 Å². The number of anilines is 1. The van der Waals surface area contributed by atoms with Gasteiger partial charge in [0, 0.05) is 29.7 Å². The van der Waals surface area contributed by atoms with Gasteiger partial charge in [0.25, 0.3) is 0 Å². The van der Waals surface area contributed by atoms with Crippen LogP contribution in [0.3, 0.4) is 0 Å². The third kappa shape index (κ3) is 2.77. The number of aromatic carboxylic acids is 1. The summed E-state index contributed by atoms with van der Waals surface area (Å²) >= 11 is 0. The fourth-order valence-corrected chi connectivity index (χ4v) is 2.49. The summed E-state index contributed by atoms with van der Waals surface area (Å²) in [5.41, 5.74) is 8.89. The molecule has 0 saturated carbocycles. The minimum atomic E-state index is -1.18. The Kier molecular flexibility index (Phi) is 3.87. The highest BCUT2D eigenvalue weighted by atomic mass is 16.5. The van der Waals surface area contributed by atoms with Crippen LogP contribution in [-0.4, -0.2) is 27.9 Å². The van der Waals surface area contributed by atoms with Crippen LogP contribution in [0.4, 0.5) is 5.69 Å². The van der Waals surface area contributed by atoms with E-state index in [1.54, 1.807) is 23.9 Å². The maximum atomic E-state index is 11.0. The first-order valence-corrected chi connectivity index (χ1v) is 7.18. The smallest absolute Gasteiger partial charge is 0.339 e. The number of nitrogens with two attached hydrogens (primary N) is 1. The highest BCUT2D eigenvalue weighted by molar-refractivity contribution is 5.91. The fraction of sp³-hybridized carbons (Fsp3) is 0.0556. The normalized spacial score (nSPS) is 10.5. The van der Waals surface area contributed by atoms with Gasteiger partial charge in [0.1, 0.15) is 17.1 Å². The number of ether oxygens (including phenoxy) is 1. The lowest BCUT2D eigenvalue weighted by atomic mass is 10.1. The van der Waals surface area contributed by atoms with E-state index in [9.17, 15) is 9.90 Å². The zero-order valence-corrected chi connectivity index (χ0v) is 12.9. The summed E-state index contributed by atoms with van der Waals surface area (Å²) < 4.78 is 6.88. The average molecular weight is 324 g/mol. The molecule has 0 aliphatic heterocycles. The summed E-state index contributed by atoms with van der Waals surface area (Å²) in [7, 11) is 1.60. The van der Waals surface area contributed by atoms with E-state index < -0.39 is 5.97 Å². The predicted octanol–water partition coefficient (Wildman–Crippen LogP) is 3.14. The molecule has 1 aromatic heterocycles. The molecule has 1 heterocycles. The molecule has 0 fully saturated rings. The Balaban J connectivity index is 1.99. The lowest BCUT2D eigenvalue weighted by Gasteiger charge is -2.05. The van der Waals surface area contributed by atoms with Gasteiger partial charge in [0.05, 0.1) is 12.8 Å². The fourth-order valence-electron chi connectivity index (χ4n) is 2.49. The minimum Gasteiger partial charge on any atom is -0.507 e. The third-order valence-electron chi connectivity index (χ3n) is 3.77. The topological polar surface area (TPSA) is 97.7 Å². The van der Waals surface area contributed by atoms with Gasteiger partial charge < -0.3 is 25.3 Å². The Labute approximate surface area is 138 Å². The Bertz CT molecular complexity index is 898. The van der Waals surface area contributed by atoms with E-state index in [-0.39, 0.29) is 11.3 Å². The number of aromatic hydroxyl groups is 1. The molecule has 3 aromatic rings. The maximum Gasteiger partial charge on any atom is 0.339 e. The second-order valence-corrected chi connectivity index (χ2v) is 5.27. The van der Waals surface area contributed by atoms with Crippen molar-refractivity contribution in [1.82, 2.24) is 4.57 Å². The van der Waals surface area contributed by atoms with Crippen molar-refractivity contribution in [3.8, 4) is 28.3 Å². The van der Waals surface area contributed by atoms with Crippen molar-refractivity contribution in [2.75, 3.05) is 12.8 Å². The zero-order chi connectivity index (χ0) is 17.3. The summed E-state index contributed by atoms with van der Waals surface area (Å²) in [5.74, 6) is -0.714. The largest absolute Gasteiger partial charge is 0.507 e. The summed E-state index contributed by atoms with van der Waals surface area (Å²) in [4.78, 5) is 11.0. The van der Waals surface area contributed by atoms with Gasteiger partial charge in [-0.2, -0.15) is 0 Å². The number of carboxylic acids is 1. The molecule has 6 nitrogen and oxygen atoms in total. The highest BCUT2D eigenvalue weighted by Gasteiger charge is 2.12. The molecule has 0 amide bonds. The van der Waals surface area contributed by atoms with Gasteiger partial charge >= 0.3 is 5.97 Å². The van der Waals surface area contributed by atoms with Crippen LogP contribution in [0.1, 0.15) is 10.4 Å². The van der Waals surface area contributed by atoms with Gasteiger partial charge in [-0.15, -0.1) is 0 Å². The number of aromatic nitrogens is 1. The van der Waals surface area contributed by atoms with Crippen LogP contribution in [-0.2, 0) is 0 Å². The van der Waals surface area contributed by atoms with Crippen LogP contribution < -0.4 is 10.5 Å². The van der Waals surface area contributed by atoms with Crippen molar-refractivity contribution in [2.24, 2.45) is 0 Å². The highest BCUT2D eigenvalue weighted by Crippen LogP contribution is 2.31. The molecule has 0 spiro atoms. The van der Waals surface area contributed by atoms with E-state index in [4.69, 9.17) is 15.6 Å². The van der Waals surface area contributed by atoms with Crippen molar-refractivity contribution in [3.05, 3.63) is 60.4 Å². The van der Waals surface area contributed by atoms with Crippen molar-refractivity contribution < 1.29 is 19.7 Å². The molecular weight excluding hydrogens is 308 g/mol. The van der Waals surface area contributed by atoms with Crippen molar-refractivity contribution in [2.45, 2.75) is 0 Å². The van der Waals surface area contributed by atoms with E-state index in [2.05, 4.69) is 0 Å². The van der Waals surface area contributed by atoms with Crippen molar-refractivity contribution in [3.63, 3.8) is 0 Å². The number of phenols is 1. The van der Waals surface area contributed by atoms with Gasteiger partial charge in [-0.3, -0.25) is 0 Å². The molecule has 4 N–H and O–H groups in total. The summed E-state index contributed by atoms with van der Waals surface area (Å²) in [6, 6.07) is 11.9. The molecule has 0 saturated heterocycles. The number of nitrogen functional groups attached to an aromatic ring is 1. The zero-order valence-electron chi connectivity index (χ0n) is 12.9. The number of nitrogens with zero attached hydrogens (tertiary/aromatic N) is 1. The van der Waals surface area contributed by atoms with Gasteiger partial charge in [-0.1, -0.05) is 12.1 Å². The number of hydrogen-bond acceptors (Lipinski definition) is 4. The first kappa shape index (κ1) is 15.5. The molecule has 0 aliphatic rings. The second kappa shape index (κ2) is 6.00. The number of hydrogen-bond donors (Lipinski definition) is 3. The lowest BCUT2D eigenvalue weighted by Crippen LogP contribution is -1.98.